The van der Waals surface area contributed by atoms with Crippen molar-refractivity contribution in [3.63, 3.8) is 0 Å². The summed E-state index contributed by atoms with van der Waals surface area (Å²) in [6.45, 7) is 6.80. The van der Waals surface area contributed by atoms with Gasteiger partial charge in [0.05, 0.1) is 11.7 Å². The monoisotopic (exact) mass is 273 g/mol. The van der Waals surface area contributed by atoms with Crippen LogP contribution in [0.1, 0.15) is 44.0 Å². The van der Waals surface area contributed by atoms with Gasteiger partial charge in [0.1, 0.15) is 12.4 Å². The van der Waals surface area contributed by atoms with E-state index in [-0.39, 0.29) is 0 Å². The zero-order chi connectivity index (χ0) is 14.5. The van der Waals surface area contributed by atoms with E-state index in [1.807, 2.05) is 42.1 Å². The minimum absolute atomic E-state index is 0.470. The molecule has 0 saturated carbocycles. The molecule has 20 heavy (non-hydrogen) atoms. The van der Waals surface area contributed by atoms with Crippen molar-refractivity contribution in [3.8, 4) is 5.75 Å². The van der Waals surface area contributed by atoms with Crippen molar-refractivity contribution in [3.05, 3.63) is 41.7 Å². The average molecular weight is 273 g/mol. The number of benzene rings is 1. The molecule has 0 aliphatic carbocycles. The van der Waals surface area contributed by atoms with Crippen LogP contribution in [0.25, 0.3) is 0 Å². The number of nitrogens with zero attached hydrogens (tertiary/aromatic N) is 2. The van der Waals surface area contributed by atoms with Gasteiger partial charge in [-0.25, -0.2) is 0 Å². The highest BCUT2D eigenvalue weighted by Crippen LogP contribution is 2.23. The van der Waals surface area contributed by atoms with Crippen LogP contribution in [-0.4, -0.2) is 9.78 Å². The van der Waals surface area contributed by atoms with Gasteiger partial charge in [-0.2, -0.15) is 5.10 Å². The number of hydrogen-bond acceptors (Lipinski definition) is 3. The molecule has 4 nitrogen and oxygen atoms in total. The summed E-state index contributed by atoms with van der Waals surface area (Å²) in [7, 11) is 0. The molecule has 0 fully saturated rings. The largest absolute Gasteiger partial charge is 0.487 e. The first kappa shape index (κ1) is 14.4. The zero-order valence-electron chi connectivity index (χ0n) is 12.5. The first-order chi connectivity index (χ1) is 9.65. The van der Waals surface area contributed by atoms with Crippen LogP contribution in [0.4, 0.5) is 5.69 Å². The topological polar surface area (TPSA) is 53.1 Å². The van der Waals surface area contributed by atoms with Gasteiger partial charge < -0.3 is 10.5 Å². The Kier molecular flexibility index (Phi) is 4.66. The Bertz CT molecular complexity index is 559. The maximum absolute atomic E-state index is 5.87. The molecule has 0 bridgehead atoms. The van der Waals surface area contributed by atoms with E-state index in [4.69, 9.17) is 10.5 Å². The van der Waals surface area contributed by atoms with Gasteiger partial charge in [0.2, 0.25) is 0 Å². The van der Waals surface area contributed by atoms with E-state index in [1.165, 1.54) is 0 Å². The van der Waals surface area contributed by atoms with E-state index in [0.29, 0.717) is 12.6 Å². The van der Waals surface area contributed by atoms with Crippen LogP contribution in [0, 0.1) is 6.92 Å². The molecule has 0 radical (unpaired) electrons. The average Bonchev–Trinajstić information content (AvgIpc) is 2.91. The van der Waals surface area contributed by atoms with Gasteiger partial charge in [0.15, 0.2) is 0 Å². The molecule has 2 rings (SSSR count). The molecule has 0 amide bonds. The van der Waals surface area contributed by atoms with Crippen LogP contribution in [0.3, 0.4) is 0 Å². The molecular formula is C16H23N3O. The molecule has 0 atom stereocenters. The summed E-state index contributed by atoms with van der Waals surface area (Å²) in [5.41, 5.74) is 8.55. The predicted molar refractivity (Wildman–Crippen MR) is 81.8 cm³/mol. The second-order valence-corrected chi connectivity index (χ2v) is 5.02. The molecule has 0 aliphatic rings. The van der Waals surface area contributed by atoms with Crippen molar-refractivity contribution >= 4 is 5.69 Å². The molecule has 2 aromatic rings. The normalized spacial score (nSPS) is 11.0. The first-order valence-electron chi connectivity index (χ1n) is 7.17. The fraction of sp³-hybridized carbons (Fsp3) is 0.438. The lowest BCUT2D eigenvalue weighted by Gasteiger charge is -2.12. The fourth-order valence-electron chi connectivity index (χ4n) is 2.26. The number of nitrogens with two attached hydrogens (primary N) is 1. The predicted octanol–water partition coefficient (Wildman–Crippen LogP) is 3.71. The van der Waals surface area contributed by atoms with Gasteiger partial charge in [-0.1, -0.05) is 19.9 Å². The second-order valence-electron chi connectivity index (χ2n) is 5.02. The Labute approximate surface area is 120 Å². The SMILES string of the molecule is CCC(CC)n1ccc(COc2cccc(N)c2C)n1. The Hall–Kier alpha value is -1.97. The minimum Gasteiger partial charge on any atom is -0.487 e. The Balaban J connectivity index is 2.03. The fourth-order valence-corrected chi connectivity index (χ4v) is 2.26. The van der Waals surface area contributed by atoms with Crippen molar-refractivity contribution in [2.45, 2.75) is 46.3 Å². The maximum atomic E-state index is 5.87. The van der Waals surface area contributed by atoms with Crippen molar-refractivity contribution in [1.29, 1.82) is 0 Å². The molecule has 0 aliphatic heterocycles. The van der Waals surface area contributed by atoms with Gasteiger partial charge in [-0.05, 0) is 38.0 Å². The number of nitrogen functional groups attached to an aromatic ring is 1. The summed E-state index contributed by atoms with van der Waals surface area (Å²) in [6, 6.07) is 8.20. The van der Waals surface area contributed by atoms with Crippen LogP contribution in [0.15, 0.2) is 30.5 Å². The molecule has 1 heterocycles. The summed E-state index contributed by atoms with van der Waals surface area (Å²) >= 11 is 0. The highest BCUT2D eigenvalue weighted by molar-refractivity contribution is 5.53. The number of ether oxygens (including phenoxy) is 1. The molecule has 1 aromatic heterocycles. The Morgan fingerprint density at radius 2 is 2.00 bits per heavy atom. The van der Waals surface area contributed by atoms with E-state index in [9.17, 15) is 0 Å². The van der Waals surface area contributed by atoms with Crippen LogP contribution in [0.5, 0.6) is 5.75 Å². The Morgan fingerprint density at radius 3 is 2.70 bits per heavy atom. The van der Waals surface area contributed by atoms with Gasteiger partial charge in [-0.15, -0.1) is 0 Å². The third-order valence-electron chi connectivity index (χ3n) is 3.68. The summed E-state index contributed by atoms with van der Waals surface area (Å²) < 4.78 is 7.84. The van der Waals surface area contributed by atoms with Gasteiger partial charge in [0, 0.05) is 17.4 Å². The summed E-state index contributed by atoms with van der Waals surface area (Å²) in [4.78, 5) is 0. The third kappa shape index (κ3) is 3.13. The molecular weight excluding hydrogens is 250 g/mol. The number of aromatic nitrogens is 2. The Morgan fingerprint density at radius 1 is 1.25 bits per heavy atom. The highest BCUT2D eigenvalue weighted by Gasteiger charge is 2.09. The van der Waals surface area contributed by atoms with Crippen molar-refractivity contribution in [1.82, 2.24) is 9.78 Å². The van der Waals surface area contributed by atoms with Crippen LogP contribution < -0.4 is 10.5 Å². The standard InChI is InChI=1S/C16H23N3O/c1-4-14(5-2)19-10-9-13(18-19)11-20-16-8-6-7-15(17)12(16)3/h6-10,14H,4-5,11,17H2,1-3H3. The van der Waals surface area contributed by atoms with E-state index in [2.05, 4.69) is 18.9 Å². The molecule has 2 N–H and O–H groups in total. The zero-order valence-corrected chi connectivity index (χ0v) is 12.5. The van der Waals surface area contributed by atoms with E-state index >= 15 is 0 Å². The van der Waals surface area contributed by atoms with Gasteiger partial charge in [-0.3, -0.25) is 4.68 Å². The summed E-state index contributed by atoms with van der Waals surface area (Å²) in [5, 5.41) is 4.58. The van der Waals surface area contributed by atoms with Gasteiger partial charge >= 0.3 is 0 Å². The lowest BCUT2D eigenvalue weighted by atomic mass is 10.2. The quantitative estimate of drug-likeness (QED) is 0.816. The summed E-state index contributed by atoms with van der Waals surface area (Å²) in [5.74, 6) is 0.821. The molecule has 0 spiro atoms. The van der Waals surface area contributed by atoms with Gasteiger partial charge in [0.25, 0.3) is 0 Å². The minimum atomic E-state index is 0.470. The molecule has 0 saturated heterocycles. The first-order valence-corrected chi connectivity index (χ1v) is 7.17. The van der Waals surface area contributed by atoms with Crippen LogP contribution in [0.2, 0.25) is 0 Å². The molecule has 4 heteroatoms. The maximum Gasteiger partial charge on any atom is 0.132 e. The number of rotatable bonds is 6. The lowest BCUT2D eigenvalue weighted by molar-refractivity contribution is 0.295. The van der Waals surface area contributed by atoms with Crippen molar-refractivity contribution in [2.75, 3.05) is 5.73 Å². The third-order valence-corrected chi connectivity index (χ3v) is 3.68. The van der Waals surface area contributed by atoms with Crippen LogP contribution in [-0.2, 0) is 6.61 Å². The van der Waals surface area contributed by atoms with Crippen molar-refractivity contribution in [2.24, 2.45) is 0 Å². The molecule has 1 aromatic carbocycles. The number of anilines is 1. The summed E-state index contributed by atoms with van der Waals surface area (Å²) in [6.07, 6.45) is 4.21. The second kappa shape index (κ2) is 6.46. The highest BCUT2D eigenvalue weighted by atomic mass is 16.5. The van der Waals surface area contributed by atoms with Crippen molar-refractivity contribution < 1.29 is 4.74 Å². The van der Waals surface area contributed by atoms with Crippen LogP contribution >= 0.6 is 0 Å². The molecule has 0 unspecified atom stereocenters. The van der Waals surface area contributed by atoms with E-state index in [1.54, 1.807) is 0 Å². The molecule has 108 valence electrons. The smallest absolute Gasteiger partial charge is 0.132 e. The van der Waals surface area contributed by atoms with E-state index < -0.39 is 0 Å². The van der Waals surface area contributed by atoms with E-state index in [0.717, 1.165) is 35.5 Å². The number of hydrogen-bond donors (Lipinski definition) is 1. The lowest BCUT2D eigenvalue weighted by Crippen LogP contribution is -2.08.